The molecule has 0 aliphatic heterocycles. The van der Waals surface area contributed by atoms with Crippen LogP contribution in [0.4, 0.5) is 0 Å². The van der Waals surface area contributed by atoms with Gasteiger partial charge in [0.25, 0.3) is 0 Å². The lowest BCUT2D eigenvalue weighted by atomic mass is 9.61. The highest BCUT2D eigenvalue weighted by atomic mass is 16.4. The van der Waals surface area contributed by atoms with Gasteiger partial charge in [0, 0.05) is 6.04 Å². The standard InChI is InChI=1S/C14H19NO2/c1-14(2)7-11(8-14)12(15)9-3-5-10(6-4-9)13(16)17/h3-6,11-12H,7-8,15H2,1-2H3,(H,16,17). The first kappa shape index (κ1) is 12.1. The molecule has 1 aromatic rings. The molecular formula is C14H19NO2. The number of carbonyl (C=O) groups is 1. The van der Waals surface area contributed by atoms with Gasteiger partial charge >= 0.3 is 5.97 Å². The van der Waals surface area contributed by atoms with E-state index in [2.05, 4.69) is 13.8 Å². The molecule has 1 saturated carbocycles. The molecule has 3 N–H and O–H groups in total. The maximum atomic E-state index is 10.7. The Labute approximate surface area is 102 Å². The number of carboxylic acids is 1. The highest BCUT2D eigenvalue weighted by molar-refractivity contribution is 5.87. The van der Waals surface area contributed by atoms with Gasteiger partial charge in [0.05, 0.1) is 5.56 Å². The van der Waals surface area contributed by atoms with Crippen molar-refractivity contribution >= 4 is 5.97 Å². The third kappa shape index (κ3) is 2.50. The van der Waals surface area contributed by atoms with Crippen LogP contribution >= 0.6 is 0 Å². The van der Waals surface area contributed by atoms with Gasteiger partial charge in [-0.2, -0.15) is 0 Å². The molecule has 92 valence electrons. The summed E-state index contributed by atoms with van der Waals surface area (Å²) in [5.41, 5.74) is 7.97. The number of carboxylic acid groups (broad SMARTS) is 1. The molecule has 0 saturated heterocycles. The minimum atomic E-state index is -0.894. The Hall–Kier alpha value is -1.35. The summed E-state index contributed by atoms with van der Waals surface area (Å²) in [6.45, 7) is 4.51. The smallest absolute Gasteiger partial charge is 0.335 e. The fraction of sp³-hybridized carbons (Fsp3) is 0.500. The van der Waals surface area contributed by atoms with Crippen LogP contribution < -0.4 is 5.73 Å². The number of hydrogen-bond donors (Lipinski definition) is 2. The number of benzene rings is 1. The van der Waals surface area contributed by atoms with Crippen LogP contribution in [0.25, 0.3) is 0 Å². The first-order valence-electron chi connectivity index (χ1n) is 5.98. The first-order valence-corrected chi connectivity index (χ1v) is 5.98. The minimum absolute atomic E-state index is 0.0332. The monoisotopic (exact) mass is 233 g/mol. The maximum Gasteiger partial charge on any atom is 0.335 e. The van der Waals surface area contributed by atoms with E-state index in [0.29, 0.717) is 16.9 Å². The van der Waals surface area contributed by atoms with Crippen LogP contribution in [0.2, 0.25) is 0 Å². The maximum absolute atomic E-state index is 10.7. The zero-order valence-corrected chi connectivity index (χ0v) is 10.3. The SMILES string of the molecule is CC1(C)CC(C(N)c2ccc(C(=O)O)cc2)C1. The zero-order valence-electron chi connectivity index (χ0n) is 10.3. The molecule has 1 aliphatic rings. The fourth-order valence-corrected chi connectivity index (χ4v) is 2.73. The topological polar surface area (TPSA) is 63.3 Å². The van der Waals surface area contributed by atoms with E-state index in [-0.39, 0.29) is 6.04 Å². The van der Waals surface area contributed by atoms with Gasteiger partial charge < -0.3 is 10.8 Å². The average molecular weight is 233 g/mol. The molecular weight excluding hydrogens is 214 g/mol. The van der Waals surface area contributed by atoms with Crippen LogP contribution in [0, 0.1) is 11.3 Å². The highest BCUT2D eigenvalue weighted by Gasteiger charge is 2.39. The molecule has 0 amide bonds. The van der Waals surface area contributed by atoms with Crippen molar-refractivity contribution in [2.45, 2.75) is 32.7 Å². The van der Waals surface area contributed by atoms with Crippen molar-refractivity contribution in [3.05, 3.63) is 35.4 Å². The van der Waals surface area contributed by atoms with E-state index in [1.807, 2.05) is 12.1 Å². The van der Waals surface area contributed by atoms with Crippen LogP contribution in [0.3, 0.4) is 0 Å². The predicted octanol–water partition coefficient (Wildman–Crippen LogP) is 2.82. The van der Waals surface area contributed by atoms with Crippen LogP contribution in [0.15, 0.2) is 24.3 Å². The Morgan fingerprint density at radius 2 is 1.88 bits per heavy atom. The lowest BCUT2D eigenvalue weighted by Gasteiger charge is -2.45. The third-order valence-electron chi connectivity index (χ3n) is 3.68. The predicted molar refractivity (Wildman–Crippen MR) is 66.8 cm³/mol. The van der Waals surface area contributed by atoms with Crippen molar-refractivity contribution in [2.24, 2.45) is 17.1 Å². The number of hydrogen-bond acceptors (Lipinski definition) is 2. The van der Waals surface area contributed by atoms with Gasteiger partial charge in [-0.1, -0.05) is 26.0 Å². The average Bonchev–Trinajstić information content (AvgIpc) is 2.25. The van der Waals surface area contributed by atoms with E-state index in [1.54, 1.807) is 12.1 Å². The van der Waals surface area contributed by atoms with Crippen molar-refractivity contribution in [3.63, 3.8) is 0 Å². The molecule has 1 aliphatic carbocycles. The summed E-state index contributed by atoms with van der Waals surface area (Å²) in [5, 5.41) is 8.82. The highest BCUT2D eigenvalue weighted by Crippen LogP contribution is 2.49. The van der Waals surface area contributed by atoms with Crippen molar-refractivity contribution in [3.8, 4) is 0 Å². The molecule has 0 spiro atoms. The van der Waals surface area contributed by atoms with Gasteiger partial charge in [-0.3, -0.25) is 0 Å². The van der Waals surface area contributed by atoms with Gasteiger partial charge in [-0.25, -0.2) is 4.79 Å². The second-order valence-electron chi connectivity index (χ2n) is 5.79. The Bertz CT molecular complexity index is 414. The van der Waals surface area contributed by atoms with Crippen LogP contribution in [0.5, 0.6) is 0 Å². The first-order chi connectivity index (χ1) is 7.89. The molecule has 0 bridgehead atoms. The number of aromatic carboxylic acids is 1. The summed E-state index contributed by atoms with van der Waals surface area (Å²) in [5.74, 6) is -0.365. The van der Waals surface area contributed by atoms with Gasteiger partial charge in [0.2, 0.25) is 0 Å². The Balaban J connectivity index is 2.05. The molecule has 17 heavy (non-hydrogen) atoms. The number of nitrogens with two attached hydrogens (primary N) is 1. The van der Waals surface area contributed by atoms with Crippen molar-refractivity contribution in [1.29, 1.82) is 0 Å². The lowest BCUT2D eigenvalue weighted by molar-refractivity contribution is 0.0697. The third-order valence-corrected chi connectivity index (χ3v) is 3.68. The second kappa shape index (κ2) is 4.15. The van der Waals surface area contributed by atoms with Gasteiger partial charge in [0.15, 0.2) is 0 Å². The molecule has 1 atom stereocenters. The summed E-state index contributed by atoms with van der Waals surface area (Å²) in [6.07, 6.45) is 2.30. The summed E-state index contributed by atoms with van der Waals surface area (Å²) in [4.78, 5) is 10.7. The van der Waals surface area contributed by atoms with Crippen molar-refractivity contribution < 1.29 is 9.90 Å². The summed E-state index contributed by atoms with van der Waals surface area (Å²) >= 11 is 0. The summed E-state index contributed by atoms with van der Waals surface area (Å²) in [7, 11) is 0. The van der Waals surface area contributed by atoms with E-state index < -0.39 is 5.97 Å². The quantitative estimate of drug-likeness (QED) is 0.843. The van der Waals surface area contributed by atoms with E-state index in [9.17, 15) is 4.79 Å². The molecule has 1 aromatic carbocycles. The van der Waals surface area contributed by atoms with Gasteiger partial charge in [-0.05, 0) is 41.9 Å². The Morgan fingerprint density at radius 3 is 2.29 bits per heavy atom. The van der Waals surface area contributed by atoms with E-state index in [0.717, 1.165) is 18.4 Å². The van der Waals surface area contributed by atoms with E-state index >= 15 is 0 Å². The van der Waals surface area contributed by atoms with Gasteiger partial charge in [0.1, 0.15) is 0 Å². The van der Waals surface area contributed by atoms with Crippen molar-refractivity contribution in [2.75, 3.05) is 0 Å². The number of rotatable bonds is 3. The normalized spacial score (nSPS) is 20.6. The van der Waals surface area contributed by atoms with Crippen LogP contribution in [-0.2, 0) is 0 Å². The Kier molecular flexibility index (Phi) is 2.96. The van der Waals surface area contributed by atoms with Crippen molar-refractivity contribution in [1.82, 2.24) is 0 Å². The fourth-order valence-electron chi connectivity index (χ4n) is 2.73. The lowest BCUT2D eigenvalue weighted by Crippen LogP contribution is -2.38. The van der Waals surface area contributed by atoms with E-state index in [1.165, 1.54) is 0 Å². The van der Waals surface area contributed by atoms with Crippen LogP contribution in [-0.4, -0.2) is 11.1 Å². The van der Waals surface area contributed by atoms with Gasteiger partial charge in [-0.15, -0.1) is 0 Å². The molecule has 0 radical (unpaired) electrons. The molecule has 3 nitrogen and oxygen atoms in total. The molecule has 1 fully saturated rings. The summed E-state index contributed by atoms with van der Waals surface area (Å²) < 4.78 is 0. The zero-order chi connectivity index (χ0) is 12.6. The summed E-state index contributed by atoms with van der Waals surface area (Å²) in [6, 6.07) is 6.95. The van der Waals surface area contributed by atoms with Crippen LogP contribution in [0.1, 0.15) is 48.7 Å². The second-order valence-corrected chi connectivity index (χ2v) is 5.79. The largest absolute Gasteiger partial charge is 0.478 e. The minimum Gasteiger partial charge on any atom is -0.478 e. The Morgan fingerprint density at radius 1 is 1.35 bits per heavy atom. The van der Waals surface area contributed by atoms with E-state index in [4.69, 9.17) is 10.8 Å². The molecule has 1 unspecified atom stereocenters. The molecule has 2 rings (SSSR count). The molecule has 0 heterocycles. The molecule has 3 heteroatoms. The molecule has 0 aromatic heterocycles.